The lowest BCUT2D eigenvalue weighted by Gasteiger charge is -2.01. The normalized spacial score (nSPS) is 15.7. The van der Waals surface area contributed by atoms with Gasteiger partial charge >= 0.3 is 0 Å². The molecule has 1 aromatic heterocycles. The molecule has 1 aliphatic rings. The third kappa shape index (κ3) is 1.42. The van der Waals surface area contributed by atoms with Crippen molar-refractivity contribution in [2.45, 2.75) is 38.6 Å². The molecule has 0 aliphatic heterocycles. The zero-order valence-electron chi connectivity index (χ0n) is 7.69. The summed E-state index contributed by atoms with van der Waals surface area (Å²) in [5.41, 5.74) is 2.00. The molecular weight excluding hydrogens is 164 g/mol. The number of hydrogen-bond donors (Lipinski definition) is 0. The van der Waals surface area contributed by atoms with Crippen LogP contribution in [0.5, 0.6) is 0 Å². The van der Waals surface area contributed by atoms with Crippen LogP contribution in [0.15, 0.2) is 0 Å². The highest BCUT2D eigenvalue weighted by atomic mass is 15.5. The van der Waals surface area contributed by atoms with E-state index in [0.29, 0.717) is 12.5 Å². The van der Waals surface area contributed by atoms with Crippen LogP contribution >= 0.6 is 0 Å². The smallest absolute Gasteiger partial charge is 0.0999 e. The molecule has 0 atom stereocenters. The monoisotopic (exact) mass is 176 g/mol. The molecule has 0 spiro atoms. The molecule has 13 heavy (non-hydrogen) atoms. The van der Waals surface area contributed by atoms with Crippen molar-refractivity contribution in [3.05, 3.63) is 11.4 Å². The zero-order chi connectivity index (χ0) is 9.26. The average Bonchev–Trinajstić information content (AvgIpc) is 2.89. The number of nitrogens with zero attached hydrogens (tertiary/aromatic N) is 4. The van der Waals surface area contributed by atoms with E-state index in [1.165, 1.54) is 12.8 Å². The Morgan fingerprint density at radius 1 is 1.62 bits per heavy atom. The van der Waals surface area contributed by atoms with Crippen LogP contribution in [0.2, 0.25) is 0 Å². The minimum atomic E-state index is 0.385. The molecule has 0 aromatic carbocycles. The van der Waals surface area contributed by atoms with Crippen LogP contribution in [0.4, 0.5) is 0 Å². The third-order valence-corrected chi connectivity index (χ3v) is 2.35. The molecule has 0 bridgehead atoms. The van der Waals surface area contributed by atoms with Crippen molar-refractivity contribution >= 4 is 0 Å². The molecule has 0 amide bonds. The lowest BCUT2D eigenvalue weighted by Crippen LogP contribution is -2.02. The van der Waals surface area contributed by atoms with Crippen molar-refractivity contribution in [2.75, 3.05) is 0 Å². The van der Waals surface area contributed by atoms with E-state index in [0.717, 1.165) is 17.8 Å². The van der Waals surface area contributed by atoms with Crippen molar-refractivity contribution in [1.29, 1.82) is 5.26 Å². The maximum absolute atomic E-state index is 8.58. The second-order valence-electron chi connectivity index (χ2n) is 3.35. The van der Waals surface area contributed by atoms with Gasteiger partial charge in [0.1, 0.15) is 0 Å². The second kappa shape index (κ2) is 3.17. The Morgan fingerprint density at radius 2 is 2.38 bits per heavy atom. The first-order valence-corrected chi connectivity index (χ1v) is 4.66. The van der Waals surface area contributed by atoms with Crippen molar-refractivity contribution in [1.82, 2.24) is 15.0 Å². The summed E-state index contributed by atoms with van der Waals surface area (Å²) in [5.74, 6) is 0. The largest absolute Gasteiger partial charge is 0.246 e. The van der Waals surface area contributed by atoms with Gasteiger partial charge < -0.3 is 0 Å². The number of hydrogen-bond acceptors (Lipinski definition) is 3. The van der Waals surface area contributed by atoms with Crippen LogP contribution < -0.4 is 0 Å². The summed E-state index contributed by atoms with van der Waals surface area (Å²) < 4.78 is 1.99. The highest BCUT2D eigenvalue weighted by Crippen LogP contribution is 2.35. The Labute approximate surface area is 77.2 Å². The molecule has 68 valence electrons. The van der Waals surface area contributed by atoms with Gasteiger partial charge in [0, 0.05) is 0 Å². The predicted octanol–water partition coefficient (Wildman–Crippen LogP) is 1.24. The Morgan fingerprint density at radius 3 is 2.92 bits per heavy atom. The molecule has 4 nitrogen and oxygen atoms in total. The Hall–Kier alpha value is -1.37. The minimum absolute atomic E-state index is 0.385. The summed E-state index contributed by atoms with van der Waals surface area (Å²) in [7, 11) is 0. The van der Waals surface area contributed by atoms with Gasteiger partial charge in [0.25, 0.3) is 0 Å². The Bertz CT molecular complexity index is 343. The van der Waals surface area contributed by atoms with Gasteiger partial charge in [-0.05, 0) is 19.3 Å². The summed E-state index contributed by atoms with van der Waals surface area (Å²) in [6.07, 6.45) is 3.72. The van der Waals surface area contributed by atoms with Gasteiger partial charge in [-0.25, -0.2) is 4.68 Å². The van der Waals surface area contributed by atoms with E-state index in [1.54, 1.807) is 0 Å². The standard InChI is InChI=1S/C9H12N4/c1-2-9-8(5-6-10)11-12-13(9)7-3-4-7/h7H,2-5H2,1H3. The van der Waals surface area contributed by atoms with Crippen molar-refractivity contribution in [3.63, 3.8) is 0 Å². The molecular formula is C9H12N4. The van der Waals surface area contributed by atoms with E-state index in [9.17, 15) is 0 Å². The fourth-order valence-corrected chi connectivity index (χ4v) is 1.54. The fourth-order valence-electron chi connectivity index (χ4n) is 1.54. The molecule has 1 heterocycles. The van der Waals surface area contributed by atoms with Gasteiger partial charge in [-0.15, -0.1) is 5.10 Å². The van der Waals surface area contributed by atoms with Gasteiger partial charge in [-0.1, -0.05) is 12.1 Å². The molecule has 1 saturated carbocycles. The van der Waals surface area contributed by atoms with Gasteiger partial charge in [-0.2, -0.15) is 5.26 Å². The molecule has 0 unspecified atom stereocenters. The van der Waals surface area contributed by atoms with Gasteiger partial charge in [0.2, 0.25) is 0 Å². The highest BCUT2D eigenvalue weighted by molar-refractivity contribution is 5.15. The minimum Gasteiger partial charge on any atom is -0.246 e. The second-order valence-corrected chi connectivity index (χ2v) is 3.35. The highest BCUT2D eigenvalue weighted by Gasteiger charge is 2.27. The van der Waals surface area contributed by atoms with Crippen LogP contribution in [0.1, 0.15) is 37.2 Å². The molecule has 1 aromatic rings. The van der Waals surface area contributed by atoms with E-state index in [4.69, 9.17) is 5.26 Å². The van der Waals surface area contributed by atoms with Gasteiger partial charge in [-0.3, -0.25) is 0 Å². The lowest BCUT2D eigenvalue weighted by molar-refractivity contribution is 0.585. The topological polar surface area (TPSA) is 54.5 Å². The average molecular weight is 176 g/mol. The fraction of sp³-hybridized carbons (Fsp3) is 0.667. The van der Waals surface area contributed by atoms with Crippen molar-refractivity contribution < 1.29 is 0 Å². The summed E-state index contributed by atoms with van der Waals surface area (Å²) in [6.45, 7) is 2.08. The van der Waals surface area contributed by atoms with Crippen LogP contribution in [-0.2, 0) is 12.8 Å². The number of nitriles is 1. The Balaban J connectivity index is 2.31. The van der Waals surface area contributed by atoms with E-state index in [-0.39, 0.29) is 0 Å². The van der Waals surface area contributed by atoms with Crippen LogP contribution in [0, 0.1) is 11.3 Å². The number of rotatable bonds is 3. The van der Waals surface area contributed by atoms with E-state index in [2.05, 4.69) is 23.3 Å². The van der Waals surface area contributed by atoms with E-state index in [1.807, 2.05) is 4.68 Å². The summed E-state index contributed by atoms with van der Waals surface area (Å²) in [6, 6.07) is 2.68. The van der Waals surface area contributed by atoms with Crippen LogP contribution in [0.25, 0.3) is 0 Å². The maximum atomic E-state index is 8.58. The van der Waals surface area contributed by atoms with Crippen LogP contribution in [0.3, 0.4) is 0 Å². The zero-order valence-corrected chi connectivity index (χ0v) is 7.69. The first kappa shape index (κ1) is 8.24. The summed E-state index contributed by atoms with van der Waals surface area (Å²) >= 11 is 0. The molecule has 1 aliphatic carbocycles. The number of aromatic nitrogens is 3. The molecule has 0 N–H and O–H groups in total. The first-order chi connectivity index (χ1) is 6.36. The summed E-state index contributed by atoms with van der Waals surface area (Å²) in [5, 5.41) is 16.7. The maximum Gasteiger partial charge on any atom is 0.0999 e. The molecule has 0 radical (unpaired) electrons. The molecule has 2 rings (SSSR count). The van der Waals surface area contributed by atoms with Crippen molar-refractivity contribution in [2.24, 2.45) is 0 Å². The molecule has 1 fully saturated rings. The van der Waals surface area contributed by atoms with Gasteiger partial charge in [0.15, 0.2) is 0 Å². The molecule has 0 saturated heterocycles. The Kier molecular flexibility index (Phi) is 2.01. The third-order valence-electron chi connectivity index (χ3n) is 2.35. The van der Waals surface area contributed by atoms with Crippen LogP contribution in [-0.4, -0.2) is 15.0 Å². The quantitative estimate of drug-likeness (QED) is 0.696. The molecule has 4 heteroatoms. The first-order valence-electron chi connectivity index (χ1n) is 4.66. The van der Waals surface area contributed by atoms with Crippen molar-refractivity contribution in [3.8, 4) is 6.07 Å². The summed E-state index contributed by atoms with van der Waals surface area (Å²) in [4.78, 5) is 0. The van der Waals surface area contributed by atoms with E-state index >= 15 is 0 Å². The van der Waals surface area contributed by atoms with E-state index < -0.39 is 0 Å². The lowest BCUT2D eigenvalue weighted by atomic mass is 10.2. The SMILES string of the molecule is CCc1c(CC#N)nnn1C1CC1. The predicted molar refractivity (Wildman–Crippen MR) is 47.0 cm³/mol. The van der Waals surface area contributed by atoms with Gasteiger partial charge in [0.05, 0.1) is 29.9 Å².